The van der Waals surface area contributed by atoms with E-state index in [4.69, 9.17) is 0 Å². The predicted molar refractivity (Wildman–Crippen MR) is 97.8 cm³/mol. The molecule has 1 unspecified atom stereocenters. The highest BCUT2D eigenvalue weighted by molar-refractivity contribution is 5.99. The van der Waals surface area contributed by atoms with Gasteiger partial charge in [-0.3, -0.25) is 9.59 Å². The first-order chi connectivity index (χ1) is 12.0. The Balaban J connectivity index is 1.50. The summed E-state index contributed by atoms with van der Waals surface area (Å²) in [6.45, 7) is 5.65. The second-order valence-electron chi connectivity index (χ2n) is 7.07. The minimum atomic E-state index is 0.0525. The molecule has 2 aliphatic rings. The normalized spacial score (nSPS) is 16.6. The lowest BCUT2D eigenvalue weighted by Gasteiger charge is -2.21. The molecule has 4 nitrogen and oxygen atoms in total. The molecule has 128 valence electrons. The van der Waals surface area contributed by atoms with Crippen molar-refractivity contribution in [1.29, 1.82) is 0 Å². The molecule has 0 fully saturated rings. The van der Waals surface area contributed by atoms with Crippen LogP contribution in [0.25, 0.3) is 0 Å². The zero-order valence-electron chi connectivity index (χ0n) is 14.6. The average molecular weight is 334 g/mol. The summed E-state index contributed by atoms with van der Waals surface area (Å²) in [7, 11) is 0. The zero-order valence-corrected chi connectivity index (χ0v) is 14.6. The van der Waals surface area contributed by atoms with Crippen LogP contribution in [0.3, 0.4) is 0 Å². The summed E-state index contributed by atoms with van der Waals surface area (Å²) in [5, 5.41) is 2.86. The van der Waals surface area contributed by atoms with E-state index in [1.807, 2.05) is 23.1 Å². The van der Waals surface area contributed by atoms with Crippen molar-refractivity contribution in [2.75, 3.05) is 11.9 Å². The lowest BCUT2D eigenvalue weighted by atomic mass is 9.97. The molecule has 0 radical (unpaired) electrons. The summed E-state index contributed by atoms with van der Waals surface area (Å²) < 4.78 is 0. The summed E-state index contributed by atoms with van der Waals surface area (Å²) in [5.74, 6) is 0.407. The Morgan fingerprint density at radius 2 is 1.96 bits per heavy atom. The highest BCUT2D eigenvalue weighted by Crippen LogP contribution is 2.30. The molecule has 2 aromatic rings. The van der Waals surface area contributed by atoms with Crippen molar-refractivity contribution in [1.82, 2.24) is 4.90 Å². The number of rotatable bonds is 4. The second-order valence-corrected chi connectivity index (χ2v) is 7.07. The van der Waals surface area contributed by atoms with E-state index in [0.717, 1.165) is 28.8 Å². The molecule has 0 aliphatic carbocycles. The minimum Gasteiger partial charge on any atom is -0.334 e. The van der Waals surface area contributed by atoms with E-state index in [-0.39, 0.29) is 17.7 Å². The van der Waals surface area contributed by atoms with Gasteiger partial charge in [0.25, 0.3) is 5.91 Å². The Labute approximate surface area is 147 Å². The molecule has 0 saturated heterocycles. The number of nitrogens with zero attached hydrogens (tertiary/aromatic N) is 1. The van der Waals surface area contributed by atoms with Crippen LogP contribution in [-0.2, 0) is 24.2 Å². The Hall–Kier alpha value is -2.62. The molecule has 0 saturated carbocycles. The zero-order chi connectivity index (χ0) is 17.6. The van der Waals surface area contributed by atoms with E-state index >= 15 is 0 Å². The van der Waals surface area contributed by atoms with Gasteiger partial charge in [-0.1, -0.05) is 38.1 Å². The van der Waals surface area contributed by atoms with Gasteiger partial charge in [0, 0.05) is 24.3 Å². The highest BCUT2D eigenvalue weighted by atomic mass is 16.2. The molecule has 2 amide bonds. The maximum absolute atomic E-state index is 12.7. The fourth-order valence-electron chi connectivity index (χ4n) is 3.79. The summed E-state index contributed by atoms with van der Waals surface area (Å²) in [5.41, 5.74) is 6.40. The first-order valence-corrected chi connectivity index (χ1v) is 8.89. The predicted octanol–water partition coefficient (Wildman–Crippen LogP) is 3.50. The van der Waals surface area contributed by atoms with Crippen LogP contribution in [-0.4, -0.2) is 23.3 Å². The van der Waals surface area contributed by atoms with Crippen LogP contribution >= 0.6 is 0 Å². The van der Waals surface area contributed by atoms with Gasteiger partial charge in [0.15, 0.2) is 0 Å². The van der Waals surface area contributed by atoms with Crippen LogP contribution in [0.4, 0.5) is 5.69 Å². The van der Waals surface area contributed by atoms with Gasteiger partial charge in [-0.05, 0) is 46.7 Å². The van der Waals surface area contributed by atoms with Crippen molar-refractivity contribution in [3.8, 4) is 0 Å². The van der Waals surface area contributed by atoms with Crippen LogP contribution in [0.5, 0.6) is 0 Å². The quantitative estimate of drug-likeness (QED) is 0.930. The van der Waals surface area contributed by atoms with Gasteiger partial charge in [-0.2, -0.15) is 0 Å². The fraction of sp³-hybridized carbons (Fsp3) is 0.333. The van der Waals surface area contributed by atoms with Gasteiger partial charge in [-0.15, -0.1) is 0 Å². The number of aryl methyl sites for hydroxylation is 1. The SMILES string of the molecule is CCc1ccc2c(c1)CN(CC(C)c1ccc3c(c1)CC(=O)N3)C2=O. The summed E-state index contributed by atoms with van der Waals surface area (Å²) in [4.78, 5) is 26.1. The fourth-order valence-corrected chi connectivity index (χ4v) is 3.79. The number of amides is 2. The maximum atomic E-state index is 12.7. The summed E-state index contributed by atoms with van der Waals surface area (Å²) in [6, 6.07) is 12.3. The van der Waals surface area contributed by atoms with Crippen LogP contribution < -0.4 is 5.32 Å². The Morgan fingerprint density at radius 1 is 1.12 bits per heavy atom. The Kier molecular flexibility index (Phi) is 3.83. The summed E-state index contributed by atoms with van der Waals surface area (Å²) in [6.07, 6.45) is 1.43. The van der Waals surface area contributed by atoms with Crippen molar-refractivity contribution in [2.45, 2.75) is 39.2 Å². The van der Waals surface area contributed by atoms with Gasteiger partial charge in [0.05, 0.1) is 6.42 Å². The van der Waals surface area contributed by atoms with E-state index < -0.39 is 0 Å². The molecule has 0 spiro atoms. The largest absolute Gasteiger partial charge is 0.334 e. The first kappa shape index (κ1) is 15.9. The molecule has 1 N–H and O–H groups in total. The standard InChI is InChI=1S/C21H22N2O2/c1-3-14-4-6-18-17(8-14)12-23(21(18)25)11-13(2)15-5-7-19-16(9-15)10-20(24)22-19/h4-9,13H,3,10-12H2,1-2H3,(H,22,24). The number of carbonyl (C=O) groups excluding carboxylic acids is 2. The van der Waals surface area contributed by atoms with Gasteiger partial charge in [0.2, 0.25) is 5.91 Å². The molecule has 0 aromatic heterocycles. The van der Waals surface area contributed by atoms with Crippen LogP contribution in [0.2, 0.25) is 0 Å². The summed E-state index contributed by atoms with van der Waals surface area (Å²) >= 11 is 0. The molecule has 2 heterocycles. The highest BCUT2D eigenvalue weighted by Gasteiger charge is 2.29. The van der Waals surface area contributed by atoms with E-state index in [9.17, 15) is 9.59 Å². The van der Waals surface area contributed by atoms with Crippen molar-refractivity contribution in [2.24, 2.45) is 0 Å². The maximum Gasteiger partial charge on any atom is 0.254 e. The third-order valence-corrected chi connectivity index (χ3v) is 5.27. The van der Waals surface area contributed by atoms with Crippen LogP contribution in [0.15, 0.2) is 36.4 Å². The second kappa shape index (κ2) is 6.03. The van der Waals surface area contributed by atoms with E-state index in [2.05, 4.69) is 37.4 Å². The van der Waals surface area contributed by atoms with Gasteiger partial charge in [0.1, 0.15) is 0 Å². The van der Waals surface area contributed by atoms with Crippen molar-refractivity contribution in [3.05, 3.63) is 64.2 Å². The topological polar surface area (TPSA) is 49.4 Å². The van der Waals surface area contributed by atoms with Gasteiger partial charge < -0.3 is 10.2 Å². The van der Waals surface area contributed by atoms with Crippen LogP contribution in [0, 0.1) is 0 Å². The third kappa shape index (κ3) is 2.82. The molecular weight excluding hydrogens is 312 g/mol. The van der Waals surface area contributed by atoms with Crippen molar-refractivity contribution >= 4 is 17.5 Å². The molecule has 0 bridgehead atoms. The molecule has 4 rings (SSSR count). The number of fused-ring (bicyclic) bond motifs is 2. The molecule has 1 atom stereocenters. The van der Waals surface area contributed by atoms with Crippen molar-refractivity contribution < 1.29 is 9.59 Å². The molecule has 25 heavy (non-hydrogen) atoms. The number of anilines is 1. The Morgan fingerprint density at radius 3 is 2.76 bits per heavy atom. The van der Waals surface area contributed by atoms with Gasteiger partial charge in [-0.25, -0.2) is 0 Å². The number of benzene rings is 2. The number of hydrogen-bond acceptors (Lipinski definition) is 2. The third-order valence-electron chi connectivity index (χ3n) is 5.27. The van der Waals surface area contributed by atoms with Crippen LogP contribution in [0.1, 0.15) is 52.4 Å². The number of hydrogen-bond donors (Lipinski definition) is 1. The van der Waals surface area contributed by atoms with E-state index in [1.54, 1.807) is 0 Å². The van der Waals surface area contributed by atoms with E-state index in [1.165, 1.54) is 11.1 Å². The lowest BCUT2D eigenvalue weighted by molar-refractivity contribution is -0.115. The first-order valence-electron chi connectivity index (χ1n) is 8.89. The molecule has 2 aromatic carbocycles. The van der Waals surface area contributed by atoms with Crippen molar-refractivity contribution in [3.63, 3.8) is 0 Å². The Bertz CT molecular complexity index is 872. The van der Waals surface area contributed by atoms with E-state index in [0.29, 0.717) is 19.5 Å². The molecular formula is C21H22N2O2. The minimum absolute atomic E-state index is 0.0525. The number of carbonyl (C=O) groups is 2. The number of nitrogens with one attached hydrogen (secondary N) is 1. The smallest absolute Gasteiger partial charge is 0.254 e. The lowest BCUT2D eigenvalue weighted by Crippen LogP contribution is -2.28. The average Bonchev–Trinajstić information content (AvgIpc) is 3.13. The monoisotopic (exact) mass is 334 g/mol. The van der Waals surface area contributed by atoms with Gasteiger partial charge >= 0.3 is 0 Å². The molecule has 2 aliphatic heterocycles. The molecule has 4 heteroatoms.